The lowest BCUT2D eigenvalue weighted by Crippen LogP contribution is -2.44. The van der Waals surface area contributed by atoms with Gasteiger partial charge in [0.2, 0.25) is 5.91 Å². The number of alkyl halides is 3. The maximum absolute atomic E-state index is 13.8. The normalized spacial score (nSPS) is 15.1. The molecule has 0 bridgehead atoms. The SMILES string of the molecule is COc1cccc(-c2ccc3c(c2)N(S(=O)(=O)c2cccc(C(F)(F)F)c2)CC(CCC(=O)NCC(=O)O)O3)c1. The number of hydrogen-bond donors (Lipinski definition) is 2. The molecule has 1 aliphatic rings. The van der Waals surface area contributed by atoms with Crippen LogP contribution in [0.25, 0.3) is 11.1 Å². The highest BCUT2D eigenvalue weighted by Gasteiger charge is 2.37. The molecular formula is C27H25F3N2O7S. The number of halogens is 3. The number of carbonyl (C=O) groups is 2. The molecule has 2 N–H and O–H groups in total. The van der Waals surface area contributed by atoms with Crippen molar-refractivity contribution in [2.75, 3.05) is 24.5 Å². The molecule has 1 heterocycles. The summed E-state index contributed by atoms with van der Waals surface area (Å²) in [6, 6.07) is 15.3. The number of hydrogen-bond acceptors (Lipinski definition) is 6. The van der Waals surface area contributed by atoms with Gasteiger partial charge in [-0.1, -0.05) is 24.3 Å². The van der Waals surface area contributed by atoms with E-state index in [1.165, 1.54) is 7.11 Å². The molecule has 9 nitrogen and oxygen atoms in total. The third kappa shape index (κ3) is 6.47. The number of anilines is 1. The Kier molecular flexibility index (Phi) is 8.24. The van der Waals surface area contributed by atoms with Gasteiger partial charge in [-0.2, -0.15) is 13.2 Å². The average molecular weight is 579 g/mol. The number of benzene rings is 3. The average Bonchev–Trinajstić information content (AvgIpc) is 2.93. The first kappa shape index (κ1) is 28.7. The minimum absolute atomic E-state index is 0.0249. The predicted molar refractivity (Wildman–Crippen MR) is 139 cm³/mol. The molecule has 0 radical (unpaired) electrons. The van der Waals surface area contributed by atoms with E-state index in [0.717, 1.165) is 22.5 Å². The zero-order chi connectivity index (χ0) is 29.1. The minimum atomic E-state index is -4.75. The maximum Gasteiger partial charge on any atom is 0.416 e. The monoisotopic (exact) mass is 578 g/mol. The van der Waals surface area contributed by atoms with E-state index in [4.69, 9.17) is 14.6 Å². The topological polar surface area (TPSA) is 122 Å². The summed E-state index contributed by atoms with van der Waals surface area (Å²) in [4.78, 5) is 22.2. The third-order valence-corrected chi connectivity index (χ3v) is 7.95. The highest BCUT2D eigenvalue weighted by atomic mass is 32.2. The van der Waals surface area contributed by atoms with Gasteiger partial charge in [-0.25, -0.2) is 8.42 Å². The summed E-state index contributed by atoms with van der Waals surface area (Å²) in [6.45, 7) is -0.865. The first-order valence-electron chi connectivity index (χ1n) is 12.0. The van der Waals surface area contributed by atoms with E-state index in [1.54, 1.807) is 42.5 Å². The zero-order valence-electron chi connectivity index (χ0n) is 21.1. The second-order valence-corrected chi connectivity index (χ2v) is 10.8. The molecule has 0 saturated heterocycles. The van der Waals surface area contributed by atoms with Crippen LogP contribution in [0.15, 0.2) is 71.6 Å². The molecule has 0 aliphatic carbocycles. The number of nitrogens with zero attached hydrogens (tertiary/aromatic N) is 1. The minimum Gasteiger partial charge on any atom is -0.497 e. The summed E-state index contributed by atoms with van der Waals surface area (Å²) in [7, 11) is -3.01. The van der Waals surface area contributed by atoms with E-state index in [-0.39, 0.29) is 30.8 Å². The number of fused-ring (bicyclic) bond motifs is 1. The standard InChI is InChI=1S/C27H25F3N2O7S/c1-38-20-6-2-4-17(12-20)18-8-10-24-23(13-18)32(16-21(39-24)9-11-25(33)31-15-26(34)35)40(36,37)22-7-3-5-19(14-22)27(28,29)30/h2-8,10,12-14,21H,9,11,15-16H2,1H3,(H,31,33)(H,34,35). The number of sulfonamides is 1. The van der Waals surface area contributed by atoms with Crippen molar-refractivity contribution in [3.8, 4) is 22.6 Å². The Morgan fingerprint density at radius 1 is 1.07 bits per heavy atom. The molecule has 40 heavy (non-hydrogen) atoms. The van der Waals surface area contributed by atoms with Crippen molar-refractivity contribution >= 4 is 27.6 Å². The van der Waals surface area contributed by atoms with Crippen LogP contribution in [0, 0.1) is 0 Å². The van der Waals surface area contributed by atoms with Gasteiger partial charge in [0.25, 0.3) is 10.0 Å². The Morgan fingerprint density at radius 2 is 1.80 bits per heavy atom. The van der Waals surface area contributed by atoms with E-state index in [2.05, 4.69) is 5.32 Å². The van der Waals surface area contributed by atoms with Crippen LogP contribution in [0.4, 0.5) is 18.9 Å². The van der Waals surface area contributed by atoms with Crippen LogP contribution in [0.5, 0.6) is 11.5 Å². The highest BCUT2D eigenvalue weighted by Crippen LogP contribution is 2.41. The number of ether oxygens (including phenoxy) is 2. The van der Waals surface area contributed by atoms with Gasteiger partial charge in [-0.15, -0.1) is 0 Å². The molecule has 1 unspecified atom stereocenters. The Hall–Kier alpha value is -4.26. The van der Waals surface area contributed by atoms with Crippen LogP contribution in [-0.4, -0.2) is 51.7 Å². The highest BCUT2D eigenvalue weighted by molar-refractivity contribution is 7.92. The number of rotatable bonds is 9. The molecule has 4 rings (SSSR count). The molecule has 3 aromatic rings. The summed E-state index contributed by atoms with van der Waals surface area (Å²) in [5.74, 6) is -1.07. The lowest BCUT2D eigenvalue weighted by atomic mass is 10.0. The van der Waals surface area contributed by atoms with Crippen molar-refractivity contribution in [3.63, 3.8) is 0 Å². The number of carboxylic acid groups (broad SMARTS) is 1. The summed E-state index contributed by atoms with van der Waals surface area (Å²) in [5.41, 5.74) is 0.316. The van der Waals surface area contributed by atoms with E-state index < -0.39 is 51.2 Å². The summed E-state index contributed by atoms with van der Waals surface area (Å²) >= 11 is 0. The Morgan fingerprint density at radius 3 is 2.50 bits per heavy atom. The molecule has 0 aromatic heterocycles. The van der Waals surface area contributed by atoms with Gasteiger partial charge < -0.3 is 19.9 Å². The van der Waals surface area contributed by atoms with E-state index in [1.807, 2.05) is 0 Å². The second-order valence-electron chi connectivity index (χ2n) is 8.93. The smallest absolute Gasteiger partial charge is 0.416 e. The van der Waals surface area contributed by atoms with Crippen molar-refractivity contribution in [1.29, 1.82) is 0 Å². The van der Waals surface area contributed by atoms with Crippen molar-refractivity contribution in [3.05, 3.63) is 72.3 Å². The third-order valence-electron chi connectivity index (χ3n) is 6.17. The number of carboxylic acids is 1. The van der Waals surface area contributed by atoms with Crippen molar-refractivity contribution in [1.82, 2.24) is 5.32 Å². The number of nitrogens with one attached hydrogen (secondary N) is 1. The Balaban J connectivity index is 1.72. The van der Waals surface area contributed by atoms with Crippen LogP contribution in [0.3, 0.4) is 0 Å². The molecule has 1 aliphatic heterocycles. The molecular weight excluding hydrogens is 553 g/mol. The number of amides is 1. The number of methoxy groups -OCH3 is 1. The van der Waals surface area contributed by atoms with Gasteiger partial charge in [0.15, 0.2) is 0 Å². The van der Waals surface area contributed by atoms with Gasteiger partial charge in [-0.05, 0) is 60.0 Å². The number of aliphatic carboxylic acids is 1. The first-order chi connectivity index (χ1) is 18.9. The van der Waals surface area contributed by atoms with E-state index in [9.17, 15) is 31.2 Å². The molecule has 0 saturated carbocycles. The van der Waals surface area contributed by atoms with Crippen molar-refractivity contribution in [2.45, 2.75) is 30.0 Å². The lowest BCUT2D eigenvalue weighted by molar-refractivity contribution is -0.138. The van der Waals surface area contributed by atoms with Gasteiger partial charge >= 0.3 is 12.1 Å². The van der Waals surface area contributed by atoms with E-state index >= 15 is 0 Å². The van der Waals surface area contributed by atoms with Crippen LogP contribution < -0.4 is 19.1 Å². The summed E-state index contributed by atoms with van der Waals surface area (Å²) in [6.07, 6.45) is -5.73. The largest absolute Gasteiger partial charge is 0.497 e. The predicted octanol–water partition coefficient (Wildman–Crippen LogP) is 4.32. The van der Waals surface area contributed by atoms with E-state index in [0.29, 0.717) is 22.9 Å². The molecule has 212 valence electrons. The maximum atomic E-state index is 13.8. The summed E-state index contributed by atoms with van der Waals surface area (Å²) in [5, 5.41) is 11.0. The fourth-order valence-corrected chi connectivity index (χ4v) is 5.73. The molecule has 0 fully saturated rings. The van der Waals surface area contributed by atoms with Crippen LogP contribution in [-0.2, 0) is 25.8 Å². The van der Waals surface area contributed by atoms with Crippen LogP contribution in [0.2, 0.25) is 0 Å². The molecule has 0 spiro atoms. The van der Waals surface area contributed by atoms with Crippen LogP contribution in [0.1, 0.15) is 18.4 Å². The van der Waals surface area contributed by atoms with Gasteiger partial charge in [0.1, 0.15) is 24.1 Å². The van der Waals surface area contributed by atoms with Crippen LogP contribution >= 0.6 is 0 Å². The summed E-state index contributed by atoms with van der Waals surface area (Å²) < 4.78 is 79.9. The quantitative estimate of drug-likeness (QED) is 0.388. The molecule has 1 amide bonds. The van der Waals surface area contributed by atoms with Gasteiger partial charge in [-0.3, -0.25) is 13.9 Å². The fourth-order valence-electron chi connectivity index (χ4n) is 4.19. The molecule has 3 aromatic carbocycles. The lowest BCUT2D eigenvalue weighted by Gasteiger charge is -2.36. The molecule has 1 atom stereocenters. The fraction of sp³-hybridized carbons (Fsp3) is 0.259. The molecule has 13 heteroatoms. The van der Waals surface area contributed by atoms with Gasteiger partial charge in [0.05, 0.1) is 29.8 Å². The zero-order valence-corrected chi connectivity index (χ0v) is 22.0. The Labute approximate surface area is 228 Å². The number of carbonyl (C=O) groups excluding carboxylic acids is 1. The van der Waals surface area contributed by atoms with Crippen molar-refractivity contribution < 1.29 is 45.8 Å². The first-order valence-corrected chi connectivity index (χ1v) is 13.5. The Bertz CT molecular complexity index is 1530. The van der Waals surface area contributed by atoms with Gasteiger partial charge in [0, 0.05) is 6.42 Å². The second kappa shape index (κ2) is 11.5. The van der Waals surface area contributed by atoms with Crippen molar-refractivity contribution in [2.24, 2.45) is 0 Å².